The van der Waals surface area contributed by atoms with Crippen LogP contribution in [-0.4, -0.2) is 18.9 Å². The maximum atomic E-state index is 12.2. The van der Waals surface area contributed by atoms with E-state index in [2.05, 4.69) is 30.6 Å². The van der Waals surface area contributed by atoms with Crippen molar-refractivity contribution >= 4 is 26.9 Å². The molecule has 0 unspecified atom stereocenters. The molecule has 1 aliphatic rings. The molecule has 4 nitrogen and oxygen atoms in total. The molecule has 0 saturated heterocycles. The number of aromatic nitrogens is 2. The van der Waals surface area contributed by atoms with Crippen LogP contribution in [0.3, 0.4) is 0 Å². The molecule has 0 radical (unpaired) electrons. The molecule has 6 heteroatoms. The Balaban J connectivity index is 2.21. The number of nitrogens with zero attached hydrogens (tertiary/aromatic N) is 2. The van der Waals surface area contributed by atoms with Gasteiger partial charge in [0.25, 0.3) is 0 Å². The summed E-state index contributed by atoms with van der Waals surface area (Å²) in [5.41, 5.74) is -0.307. The average Bonchev–Trinajstić information content (AvgIpc) is 2.23. The molecule has 1 fully saturated rings. The van der Waals surface area contributed by atoms with E-state index in [1.54, 1.807) is 12.4 Å². The molecule has 0 aromatic carbocycles. The van der Waals surface area contributed by atoms with Crippen molar-refractivity contribution in [3.8, 4) is 0 Å². The van der Waals surface area contributed by atoms with E-state index in [1.165, 1.54) is 0 Å². The van der Waals surface area contributed by atoms with Gasteiger partial charge in [-0.1, -0.05) is 0 Å². The Morgan fingerprint density at radius 2 is 1.89 bits per heavy atom. The highest BCUT2D eigenvalue weighted by Crippen LogP contribution is 2.40. The van der Waals surface area contributed by atoms with E-state index in [9.17, 15) is 4.21 Å². The van der Waals surface area contributed by atoms with Crippen molar-refractivity contribution in [1.82, 2.24) is 14.7 Å². The van der Waals surface area contributed by atoms with Crippen molar-refractivity contribution in [2.45, 2.75) is 50.3 Å². The lowest BCUT2D eigenvalue weighted by Gasteiger charge is -2.41. The molecule has 0 bridgehead atoms. The molecule has 1 aromatic heterocycles. The van der Waals surface area contributed by atoms with E-state index < -0.39 is 11.0 Å². The van der Waals surface area contributed by atoms with Crippen LogP contribution in [0, 0.1) is 0 Å². The van der Waals surface area contributed by atoms with Crippen LogP contribution in [0.5, 0.6) is 0 Å². The highest BCUT2D eigenvalue weighted by Gasteiger charge is 2.44. The molecule has 0 amide bonds. The zero-order valence-electron chi connectivity index (χ0n) is 10.9. The predicted octanol–water partition coefficient (Wildman–Crippen LogP) is 2.67. The SMILES string of the molecule is CC(C)(C)[S@](=O)NC1(c2ncc(Br)cn2)CCC1. The predicted molar refractivity (Wildman–Crippen MR) is 76.3 cm³/mol. The molecule has 1 aromatic rings. The highest BCUT2D eigenvalue weighted by molar-refractivity contribution is 9.10. The van der Waals surface area contributed by atoms with E-state index in [4.69, 9.17) is 0 Å². The summed E-state index contributed by atoms with van der Waals surface area (Å²) in [7, 11) is -1.10. The molecule has 2 rings (SSSR count). The summed E-state index contributed by atoms with van der Waals surface area (Å²) in [6.07, 6.45) is 6.48. The van der Waals surface area contributed by atoms with Gasteiger partial charge >= 0.3 is 0 Å². The maximum Gasteiger partial charge on any atom is 0.149 e. The molecular formula is C12H18BrN3OS. The van der Waals surface area contributed by atoms with Crippen LogP contribution in [0.1, 0.15) is 45.9 Å². The van der Waals surface area contributed by atoms with Crippen LogP contribution in [0.25, 0.3) is 0 Å². The first kappa shape index (κ1) is 14.1. The summed E-state index contributed by atoms with van der Waals surface area (Å²) in [6, 6.07) is 0. The summed E-state index contributed by atoms with van der Waals surface area (Å²) in [5.74, 6) is 0.745. The van der Waals surface area contributed by atoms with E-state index >= 15 is 0 Å². The summed E-state index contributed by atoms with van der Waals surface area (Å²) in [5, 5.41) is 0. The summed E-state index contributed by atoms with van der Waals surface area (Å²) >= 11 is 3.33. The van der Waals surface area contributed by atoms with Crippen molar-refractivity contribution in [2.24, 2.45) is 0 Å². The molecule has 1 aliphatic carbocycles. The van der Waals surface area contributed by atoms with Crippen molar-refractivity contribution in [3.63, 3.8) is 0 Å². The topological polar surface area (TPSA) is 54.9 Å². The number of hydrogen-bond donors (Lipinski definition) is 1. The van der Waals surface area contributed by atoms with Crippen molar-refractivity contribution in [3.05, 3.63) is 22.7 Å². The largest absolute Gasteiger partial charge is 0.242 e. The Morgan fingerprint density at radius 3 is 2.28 bits per heavy atom. The Kier molecular flexibility index (Phi) is 3.90. The summed E-state index contributed by atoms with van der Waals surface area (Å²) in [6.45, 7) is 5.89. The Hall–Kier alpha value is -0.330. The third-order valence-corrected chi connectivity index (χ3v) is 5.20. The monoisotopic (exact) mass is 331 g/mol. The number of nitrogens with one attached hydrogen (secondary N) is 1. The lowest BCUT2D eigenvalue weighted by molar-refractivity contribution is 0.212. The lowest BCUT2D eigenvalue weighted by atomic mass is 9.77. The van der Waals surface area contributed by atoms with Crippen molar-refractivity contribution < 1.29 is 4.21 Å². The normalized spacial score (nSPS) is 20.2. The molecular weight excluding hydrogens is 314 g/mol. The minimum absolute atomic E-state index is 0.280. The Labute approximate surface area is 119 Å². The second kappa shape index (κ2) is 4.98. The molecule has 1 saturated carbocycles. The maximum absolute atomic E-state index is 12.2. The Morgan fingerprint density at radius 1 is 1.33 bits per heavy atom. The average molecular weight is 332 g/mol. The van der Waals surface area contributed by atoms with E-state index in [0.29, 0.717) is 0 Å². The molecule has 0 aliphatic heterocycles. The third kappa shape index (κ3) is 2.81. The fourth-order valence-electron chi connectivity index (χ4n) is 1.79. The van der Waals surface area contributed by atoms with Gasteiger partial charge in [0.05, 0.1) is 25.7 Å². The Bertz CT molecular complexity index is 451. The van der Waals surface area contributed by atoms with Gasteiger partial charge in [-0.2, -0.15) is 0 Å². The molecule has 1 N–H and O–H groups in total. The second-order valence-corrected chi connectivity index (χ2v) is 8.53. The van der Waals surface area contributed by atoms with Crippen molar-refractivity contribution in [2.75, 3.05) is 0 Å². The minimum Gasteiger partial charge on any atom is -0.242 e. The van der Waals surface area contributed by atoms with Crippen LogP contribution in [0.4, 0.5) is 0 Å². The first-order valence-electron chi connectivity index (χ1n) is 6.01. The van der Waals surface area contributed by atoms with Gasteiger partial charge in [0.2, 0.25) is 0 Å². The van der Waals surface area contributed by atoms with E-state index in [1.807, 2.05) is 20.8 Å². The summed E-state index contributed by atoms with van der Waals surface area (Å²) < 4.78 is 16.1. The van der Waals surface area contributed by atoms with E-state index in [-0.39, 0.29) is 10.3 Å². The zero-order chi connectivity index (χ0) is 13.4. The smallest absolute Gasteiger partial charge is 0.149 e. The third-order valence-electron chi connectivity index (χ3n) is 3.10. The lowest BCUT2D eigenvalue weighted by Crippen LogP contribution is -2.53. The summed E-state index contributed by atoms with van der Waals surface area (Å²) in [4.78, 5) is 8.71. The van der Waals surface area contributed by atoms with Crippen LogP contribution in [-0.2, 0) is 16.5 Å². The standard InChI is InChI=1S/C12H18BrN3OS/c1-11(2,3)18(17)16-12(5-4-6-12)10-14-7-9(13)8-15-10/h7-8,16H,4-6H2,1-3H3/t18-/m0/s1. The zero-order valence-corrected chi connectivity index (χ0v) is 13.3. The molecule has 100 valence electrons. The molecule has 1 heterocycles. The fraction of sp³-hybridized carbons (Fsp3) is 0.667. The van der Waals surface area contributed by atoms with Gasteiger partial charge in [0.1, 0.15) is 5.82 Å². The molecule has 1 atom stereocenters. The van der Waals surface area contributed by atoms with E-state index in [0.717, 1.165) is 29.6 Å². The fourth-order valence-corrected chi connectivity index (χ4v) is 2.95. The van der Waals surface area contributed by atoms with Gasteiger partial charge in [-0.05, 0) is 56.0 Å². The first-order valence-corrected chi connectivity index (χ1v) is 7.95. The van der Waals surface area contributed by atoms with Crippen molar-refractivity contribution in [1.29, 1.82) is 0 Å². The van der Waals surface area contributed by atoms with Crippen LogP contribution < -0.4 is 4.72 Å². The van der Waals surface area contributed by atoms with Gasteiger partial charge in [-0.25, -0.2) is 18.9 Å². The van der Waals surface area contributed by atoms with Gasteiger partial charge in [0, 0.05) is 12.4 Å². The number of rotatable bonds is 3. The van der Waals surface area contributed by atoms with Gasteiger partial charge in [-0.3, -0.25) is 0 Å². The number of halogens is 1. The molecule has 18 heavy (non-hydrogen) atoms. The number of hydrogen-bond acceptors (Lipinski definition) is 3. The minimum atomic E-state index is -1.10. The molecule has 0 spiro atoms. The first-order chi connectivity index (χ1) is 8.33. The van der Waals surface area contributed by atoms with Gasteiger partial charge < -0.3 is 0 Å². The second-order valence-electron chi connectivity index (χ2n) is 5.64. The van der Waals surface area contributed by atoms with Gasteiger partial charge in [-0.15, -0.1) is 0 Å². The highest BCUT2D eigenvalue weighted by atomic mass is 79.9. The van der Waals surface area contributed by atoms with Crippen LogP contribution in [0.15, 0.2) is 16.9 Å². The van der Waals surface area contributed by atoms with Crippen LogP contribution in [0.2, 0.25) is 0 Å². The van der Waals surface area contributed by atoms with Crippen LogP contribution >= 0.6 is 15.9 Å². The van der Waals surface area contributed by atoms with Gasteiger partial charge in [0.15, 0.2) is 0 Å². The quantitative estimate of drug-likeness (QED) is 0.926.